The summed E-state index contributed by atoms with van der Waals surface area (Å²) in [5.74, 6) is 3.84. The maximum absolute atomic E-state index is 7.60. The predicted octanol–water partition coefficient (Wildman–Crippen LogP) is 14.9. The van der Waals surface area contributed by atoms with E-state index in [9.17, 15) is 0 Å². The highest BCUT2D eigenvalue weighted by Crippen LogP contribution is 2.63. The summed E-state index contributed by atoms with van der Waals surface area (Å²) in [4.78, 5) is 0. The summed E-state index contributed by atoms with van der Waals surface area (Å²) >= 11 is 0. The van der Waals surface area contributed by atoms with Crippen molar-refractivity contribution in [2.24, 2.45) is 0 Å². The Labute approximate surface area is 361 Å². The molecule has 0 saturated carbocycles. The molecule has 0 amide bonds. The highest BCUT2D eigenvalue weighted by molar-refractivity contribution is 7.50. The molecular weight excluding hydrogens is 779 g/mol. The lowest BCUT2D eigenvalue weighted by molar-refractivity contribution is 0.329. The Balaban J connectivity index is 1.23. The minimum absolute atomic E-state index is 0.260. The van der Waals surface area contributed by atoms with Crippen LogP contribution in [0.3, 0.4) is 0 Å². The molecular formula is C51H64N4O3P2. The zero-order valence-electron chi connectivity index (χ0n) is 37.6. The fourth-order valence-electron chi connectivity index (χ4n) is 10.7. The van der Waals surface area contributed by atoms with Gasteiger partial charge in [-0.3, -0.25) is 17.4 Å². The first-order valence-corrected chi connectivity index (χ1v) is 25.2. The second-order valence-electron chi connectivity index (χ2n) is 17.3. The number of hydrogen-bond acceptors (Lipinski definition) is 3. The second kappa shape index (κ2) is 16.3. The van der Waals surface area contributed by atoms with Crippen LogP contribution in [-0.4, -0.2) is 17.4 Å². The Morgan fingerprint density at radius 3 is 1.37 bits per heavy atom. The molecule has 3 aliphatic heterocycles. The van der Waals surface area contributed by atoms with Crippen molar-refractivity contribution in [3.63, 3.8) is 0 Å². The zero-order chi connectivity index (χ0) is 42.0. The molecule has 0 N–H and O–H groups in total. The Hall–Kier alpha value is -4.18. The standard InChI is InChI=1S/C51H64N4O3P2/c1-11-17-29-51(30-18-12-2)39-21-19-23-47(57-59-52-37(13-3)25-27-43(52)35(9)45-31-33(7)41(15-5)54(45)59)49(39)56-50-40(51)22-20-24-48(50)58-60-53-38(14-4)26-28-44(53)36(10)46-32-34(8)42(16-6)55(46)60/h19-28,31-32,35-36H,11-18,29-30H2,1-10H3. The Kier molecular flexibility index (Phi) is 11.2. The van der Waals surface area contributed by atoms with Crippen molar-refractivity contribution in [3.8, 4) is 23.0 Å². The third kappa shape index (κ3) is 6.18. The van der Waals surface area contributed by atoms with Gasteiger partial charge in [0.1, 0.15) is 0 Å². The van der Waals surface area contributed by atoms with Crippen LogP contribution < -0.4 is 13.8 Å². The summed E-state index contributed by atoms with van der Waals surface area (Å²) in [6.45, 7) is 22.9. The molecule has 0 bridgehead atoms. The summed E-state index contributed by atoms with van der Waals surface area (Å²) in [7, 11) is -2.61. The Bertz CT molecular complexity index is 2380. The lowest BCUT2D eigenvalue weighted by atomic mass is 9.66. The highest BCUT2D eigenvalue weighted by Gasteiger charge is 2.46. The minimum atomic E-state index is -1.31. The fourth-order valence-corrected chi connectivity index (χ4v) is 15.6. The number of benzene rings is 2. The van der Waals surface area contributed by atoms with Gasteiger partial charge in [0.2, 0.25) is 0 Å². The van der Waals surface area contributed by atoms with Crippen LogP contribution in [0.15, 0.2) is 72.8 Å². The maximum atomic E-state index is 7.60. The Morgan fingerprint density at radius 1 is 0.550 bits per heavy atom. The molecule has 7 heterocycles. The smallest absolute Gasteiger partial charge is 0.318 e. The van der Waals surface area contributed by atoms with Gasteiger partial charge in [0.25, 0.3) is 0 Å². The van der Waals surface area contributed by atoms with Crippen LogP contribution in [0.25, 0.3) is 0 Å². The number of ether oxygens (including phenoxy) is 1. The van der Waals surface area contributed by atoms with Gasteiger partial charge in [-0.2, -0.15) is 0 Å². The number of para-hydroxylation sites is 2. The lowest BCUT2D eigenvalue weighted by Crippen LogP contribution is -2.32. The Morgan fingerprint density at radius 2 is 0.983 bits per heavy atom. The van der Waals surface area contributed by atoms with Crippen LogP contribution in [0.4, 0.5) is 0 Å². The van der Waals surface area contributed by atoms with Gasteiger partial charge in [0.05, 0.1) is 0 Å². The van der Waals surface area contributed by atoms with Crippen molar-refractivity contribution in [1.29, 1.82) is 0 Å². The van der Waals surface area contributed by atoms with Gasteiger partial charge in [-0.05, 0) is 112 Å². The maximum Gasteiger partial charge on any atom is 0.318 e. The van der Waals surface area contributed by atoms with Crippen LogP contribution in [0.5, 0.6) is 23.0 Å². The van der Waals surface area contributed by atoms with E-state index in [4.69, 9.17) is 13.8 Å². The molecule has 9 rings (SSSR count). The average Bonchev–Trinajstić information content (AvgIpc) is 4.05. The number of rotatable bonds is 14. The van der Waals surface area contributed by atoms with E-state index in [0.29, 0.717) is 0 Å². The second-order valence-corrected chi connectivity index (χ2v) is 20.3. The highest BCUT2D eigenvalue weighted by atomic mass is 31.2. The van der Waals surface area contributed by atoms with Crippen LogP contribution >= 0.6 is 16.9 Å². The molecule has 3 aliphatic rings. The van der Waals surface area contributed by atoms with Crippen LogP contribution in [0.1, 0.15) is 174 Å². The topological polar surface area (TPSA) is 47.4 Å². The third-order valence-corrected chi connectivity index (χ3v) is 17.9. The summed E-state index contributed by atoms with van der Waals surface area (Å²) in [6.07, 6.45) is 10.3. The summed E-state index contributed by atoms with van der Waals surface area (Å²) < 4.78 is 32.8. The number of unbranched alkanes of at least 4 members (excludes halogenated alkanes) is 2. The molecule has 0 aliphatic carbocycles. The van der Waals surface area contributed by atoms with E-state index in [1.54, 1.807) is 0 Å². The summed E-state index contributed by atoms with van der Waals surface area (Å²) in [6, 6.07) is 27.5. The molecule has 0 spiro atoms. The average molecular weight is 843 g/mol. The monoisotopic (exact) mass is 842 g/mol. The van der Waals surface area contributed by atoms with Crippen LogP contribution in [-0.2, 0) is 31.1 Å². The van der Waals surface area contributed by atoms with Gasteiger partial charge in [-0.15, -0.1) is 0 Å². The number of aryl methyl sites for hydroxylation is 4. The van der Waals surface area contributed by atoms with Gasteiger partial charge >= 0.3 is 16.9 Å². The van der Waals surface area contributed by atoms with E-state index < -0.39 is 16.9 Å². The van der Waals surface area contributed by atoms with Gasteiger partial charge in [-0.25, -0.2) is 0 Å². The van der Waals surface area contributed by atoms with Crippen LogP contribution in [0, 0.1) is 13.8 Å². The number of fused-ring (bicyclic) bond motifs is 6. The molecule has 7 nitrogen and oxygen atoms in total. The number of aromatic nitrogens is 4. The van der Waals surface area contributed by atoms with Crippen molar-refractivity contribution in [1.82, 2.24) is 17.4 Å². The van der Waals surface area contributed by atoms with Crippen molar-refractivity contribution >= 4 is 16.9 Å². The van der Waals surface area contributed by atoms with Crippen molar-refractivity contribution in [2.45, 2.75) is 151 Å². The molecule has 0 saturated heterocycles. The van der Waals surface area contributed by atoms with E-state index in [1.807, 2.05) is 0 Å². The fraction of sp³-hybridized carbons (Fsp3) is 0.451. The third-order valence-electron chi connectivity index (χ3n) is 13.9. The first kappa shape index (κ1) is 41.2. The molecule has 9 heteroatoms. The SMILES string of the molecule is CCCCC1(CCCC)c2cccc(OP3n4c(CC)ccc4C(C)c4cc(C)c(CC)n43)c2Oc2c(OP3n4c(CC)ccc4C(C)c4cc(C)c(CC)n43)cccc21. The van der Waals surface area contributed by atoms with Crippen molar-refractivity contribution in [3.05, 3.63) is 141 Å². The molecule has 4 aromatic heterocycles. The quantitative estimate of drug-likeness (QED) is 0.103. The minimum Gasteiger partial charge on any atom is -0.449 e. The molecule has 4 atom stereocenters. The van der Waals surface area contributed by atoms with E-state index in [1.165, 1.54) is 67.8 Å². The first-order chi connectivity index (χ1) is 29.2. The lowest BCUT2D eigenvalue weighted by Gasteiger charge is -2.42. The molecule has 60 heavy (non-hydrogen) atoms. The van der Waals surface area contributed by atoms with E-state index in [0.717, 1.165) is 87.2 Å². The van der Waals surface area contributed by atoms with Crippen LogP contribution in [0.2, 0.25) is 0 Å². The normalized spacial score (nSPS) is 19.4. The van der Waals surface area contributed by atoms with Gasteiger partial charge in [-0.1, -0.05) is 105 Å². The van der Waals surface area contributed by atoms with Gasteiger partial charge < -0.3 is 13.8 Å². The molecule has 316 valence electrons. The van der Waals surface area contributed by atoms with Gasteiger partial charge in [0, 0.05) is 73.9 Å². The summed E-state index contributed by atoms with van der Waals surface area (Å²) in [5.41, 5.74) is 15.5. The predicted molar refractivity (Wildman–Crippen MR) is 249 cm³/mol. The number of nitrogens with zero attached hydrogens (tertiary/aromatic N) is 4. The molecule has 0 fully saturated rings. The molecule has 0 radical (unpaired) electrons. The van der Waals surface area contributed by atoms with E-state index >= 15 is 0 Å². The first-order valence-electron chi connectivity index (χ1n) is 22.9. The van der Waals surface area contributed by atoms with E-state index in [2.05, 4.69) is 159 Å². The largest absolute Gasteiger partial charge is 0.449 e. The molecule has 2 aromatic carbocycles. The van der Waals surface area contributed by atoms with Crippen molar-refractivity contribution < 1.29 is 13.8 Å². The number of hydrogen-bond donors (Lipinski definition) is 0. The van der Waals surface area contributed by atoms with Gasteiger partial charge in [0.15, 0.2) is 23.0 Å². The summed E-state index contributed by atoms with van der Waals surface area (Å²) in [5, 5.41) is 0. The zero-order valence-corrected chi connectivity index (χ0v) is 39.4. The van der Waals surface area contributed by atoms with Crippen molar-refractivity contribution in [2.75, 3.05) is 0 Å². The van der Waals surface area contributed by atoms with E-state index in [-0.39, 0.29) is 17.3 Å². The molecule has 4 unspecified atom stereocenters. The molecule has 6 aromatic rings.